The molecule has 61 heavy (non-hydrogen) atoms. The number of hydrogen-bond donors (Lipinski definition) is 0. The van der Waals surface area contributed by atoms with Gasteiger partial charge in [0, 0.05) is 27.2 Å². The third-order valence-corrected chi connectivity index (χ3v) is 13.5. The molecule has 9 radical (unpaired) electrons. The van der Waals surface area contributed by atoms with Crippen LogP contribution in [0.3, 0.4) is 0 Å². The average Bonchev–Trinajstić information content (AvgIpc) is 3.69. The molecule has 0 fully saturated rings. The Hall–Kier alpha value is -4.76. The maximum atomic E-state index is 7.25. The molecule has 2 nitrogen and oxygen atoms in total. The molecular formula is C54H54B5N2. The molecular weight excluding hydrogens is 731 g/mol. The molecule has 0 saturated carbocycles. The average molecular weight is 785 g/mol. The Balaban J connectivity index is 1.57. The van der Waals surface area contributed by atoms with Gasteiger partial charge in [0.05, 0.1) is 27.8 Å². The molecule has 0 spiro atoms. The summed E-state index contributed by atoms with van der Waals surface area (Å²) in [4.78, 5) is 0. The van der Waals surface area contributed by atoms with Crippen molar-refractivity contribution in [1.82, 2.24) is 9.13 Å². The highest BCUT2D eigenvalue weighted by atomic mass is 15.0. The molecule has 0 atom stereocenters. The van der Waals surface area contributed by atoms with Crippen LogP contribution in [0.15, 0.2) is 84.9 Å². The van der Waals surface area contributed by atoms with E-state index in [0.717, 1.165) is 44.3 Å². The van der Waals surface area contributed by atoms with Gasteiger partial charge in [0.1, 0.15) is 31.4 Å². The second-order valence-corrected chi connectivity index (χ2v) is 21.7. The van der Waals surface area contributed by atoms with Crippen LogP contribution in [-0.4, -0.2) is 47.8 Å². The fourth-order valence-corrected chi connectivity index (χ4v) is 9.98. The fourth-order valence-electron chi connectivity index (χ4n) is 9.98. The summed E-state index contributed by atoms with van der Waals surface area (Å²) in [5.41, 5.74) is 16.5. The minimum Gasteiger partial charge on any atom is -0.309 e. The topological polar surface area (TPSA) is 9.86 Å². The van der Waals surface area contributed by atoms with E-state index in [-0.39, 0.29) is 16.2 Å². The predicted octanol–water partition coefficient (Wildman–Crippen LogP) is 9.32. The molecule has 0 amide bonds. The highest BCUT2D eigenvalue weighted by Gasteiger charge is 2.33. The Kier molecular flexibility index (Phi) is 9.29. The van der Waals surface area contributed by atoms with Crippen LogP contribution in [0, 0.1) is 0 Å². The van der Waals surface area contributed by atoms with Gasteiger partial charge in [-0.3, -0.25) is 0 Å². The second kappa shape index (κ2) is 13.6. The number of aromatic nitrogens is 2. The molecule has 0 saturated heterocycles. The van der Waals surface area contributed by atoms with Crippen molar-refractivity contribution in [2.45, 2.75) is 117 Å². The van der Waals surface area contributed by atoms with Crippen molar-refractivity contribution >= 4 is 110 Å². The Bertz CT molecular complexity index is 3090. The van der Waals surface area contributed by atoms with Crippen LogP contribution in [0.2, 0.25) is 0 Å². The minimum atomic E-state index is -0.481. The van der Waals surface area contributed by atoms with Crippen LogP contribution in [0.1, 0.15) is 124 Å². The summed E-state index contributed by atoms with van der Waals surface area (Å²) >= 11 is 0. The van der Waals surface area contributed by atoms with Gasteiger partial charge in [0.2, 0.25) is 0 Å². The smallest absolute Gasteiger partial charge is 0.162 e. The summed E-state index contributed by atoms with van der Waals surface area (Å²) in [5.74, 6) is 0.378. The summed E-state index contributed by atoms with van der Waals surface area (Å²) < 4.78 is 4.97. The molecule has 0 N–H and O–H groups in total. The molecule has 11 rings (SSSR count). The van der Waals surface area contributed by atoms with E-state index >= 15 is 0 Å². The molecule has 3 aliphatic rings. The lowest BCUT2D eigenvalue weighted by atomic mass is 9.42. The highest BCUT2D eigenvalue weighted by Crippen LogP contribution is 2.47. The lowest BCUT2D eigenvalue weighted by molar-refractivity contribution is 0.568. The van der Waals surface area contributed by atoms with Crippen LogP contribution < -0.4 is 27.3 Å². The van der Waals surface area contributed by atoms with Crippen molar-refractivity contribution < 1.29 is 0 Å². The van der Waals surface area contributed by atoms with Gasteiger partial charge < -0.3 is 9.13 Å². The number of nitrogens with zero attached hydrogens (tertiary/aromatic N) is 2. The van der Waals surface area contributed by atoms with Gasteiger partial charge in [-0.1, -0.05) is 131 Å². The first-order valence-electron chi connectivity index (χ1n) is 21.9. The first-order chi connectivity index (χ1) is 28.4. The normalized spacial score (nSPS) is 14.3. The number of rotatable bonds is 2. The summed E-state index contributed by atoms with van der Waals surface area (Å²) in [7, 11) is 30.9. The molecule has 6 aromatic carbocycles. The highest BCUT2D eigenvalue weighted by molar-refractivity contribution is 6.75. The quantitative estimate of drug-likeness (QED) is 0.155. The first kappa shape index (κ1) is 41.6. The Morgan fingerprint density at radius 1 is 0.557 bits per heavy atom. The van der Waals surface area contributed by atoms with Crippen molar-refractivity contribution in [3.63, 3.8) is 0 Å². The molecule has 2 aromatic heterocycles. The maximum absolute atomic E-state index is 7.25. The zero-order valence-corrected chi connectivity index (χ0v) is 38.4. The van der Waals surface area contributed by atoms with Crippen LogP contribution in [0.5, 0.6) is 0 Å². The van der Waals surface area contributed by atoms with E-state index in [1.807, 2.05) is 0 Å². The molecule has 295 valence electrons. The van der Waals surface area contributed by atoms with Gasteiger partial charge in [-0.25, -0.2) is 0 Å². The van der Waals surface area contributed by atoms with Crippen LogP contribution in [-0.2, 0) is 21.6 Å². The zero-order chi connectivity index (χ0) is 44.0. The lowest BCUT2D eigenvalue weighted by Gasteiger charge is -2.30. The van der Waals surface area contributed by atoms with E-state index in [0.29, 0.717) is 38.8 Å². The summed E-state index contributed by atoms with van der Waals surface area (Å²) in [6.07, 6.45) is 0. The van der Waals surface area contributed by atoms with E-state index in [2.05, 4.69) is 191 Å². The van der Waals surface area contributed by atoms with E-state index < -0.39 is 5.31 Å². The number of fused-ring (bicyclic) bond motifs is 2. The van der Waals surface area contributed by atoms with Gasteiger partial charge in [-0.15, -0.1) is 16.4 Å². The zero-order valence-electron chi connectivity index (χ0n) is 38.4. The minimum absolute atomic E-state index is 0.0789. The lowest BCUT2D eigenvalue weighted by Crippen LogP contribution is -2.60. The van der Waals surface area contributed by atoms with Gasteiger partial charge in [0.25, 0.3) is 0 Å². The van der Waals surface area contributed by atoms with Crippen molar-refractivity contribution in [2.75, 3.05) is 0 Å². The molecule has 3 aliphatic heterocycles. The van der Waals surface area contributed by atoms with Crippen molar-refractivity contribution in [1.29, 1.82) is 0 Å². The standard InChI is InChI=1S/C54H54B5N2/c1-28(2)29-17-19-37-35(23-29)36-27-30-18-20-38(36)61(37)41-22-21-40-44(45(41)53(9,10)11)42-34(43-46(55)48(57)50(49(58)47(43)56)59-54(30,12)13)15-14-16-39(42)60(40)33-25-31(51(3,4)5)24-32(26-33)52(6,7)8/h14-28H,1-13H3. The summed E-state index contributed by atoms with van der Waals surface area (Å²) in [5, 5.41) is 4.17. The number of benzene rings is 6. The van der Waals surface area contributed by atoms with E-state index in [4.69, 9.17) is 31.4 Å². The van der Waals surface area contributed by atoms with Gasteiger partial charge in [-0.2, -0.15) is 0 Å². The first-order valence-corrected chi connectivity index (χ1v) is 21.9. The summed E-state index contributed by atoms with van der Waals surface area (Å²) in [6, 6.07) is 32.3. The Labute approximate surface area is 369 Å². The van der Waals surface area contributed by atoms with Crippen LogP contribution in [0.25, 0.3) is 66.1 Å². The van der Waals surface area contributed by atoms with Gasteiger partial charge in [-0.05, 0) is 121 Å². The fraction of sp³-hybridized carbons (Fsp3) is 0.333. The van der Waals surface area contributed by atoms with E-state index in [1.54, 1.807) is 0 Å². The van der Waals surface area contributed by atoms with E-state index in [9.17, 15) is 0 Å². The Morgan fingerprint density at radius 3 is 1.69 bits per heavy atom. The molecule has 0 unspecified atom stereocenters. The maximum Gasteiger partial charge on any atom is 0.162 e. The molecule has 8 bridgehead atoms. The monoisotopic (exact) mass is 785 g/mol. The van der Waals surface area contributed by atoms with Crippen molar-refractivity contribution in [3.8, 4) is 22.5 Å². The van der Waals surface area contributed by atoms with Crippen molar-refractivity contribution in [2.24, 2.45) is 0 Å². The summed E-state index contributed by atoms with van der Waals surface area (Å²) in [6.45, 7) is 29.7. The largest absolute Gasteiger partial charge is 0.309 e. The SMILES string of the molecule is [B]c1c([B])c2c([B])c([B])c1[B]C(C)(C)c1ccc3c(c1)c1cc(C(C)C)ccc1n3-c1ccc3c(c1C(C)(C)C)c1c-2cccc1n3-c1cc(C(C)(C)C)cc(C(C)(C)C)c1. The second-order valence-electron chi connectivity index (χ2n) is 21.7. The third kappa shape index (κ3) is 6.33. The predicted molar refractivity (Wildman–Crippen MR) is 271 cm³/mol. The molecule has 5 heterocycles. The number of hydrogen-bond acceptors (Lipinski definition) is 0. The molecule has 0 aliphatic carbocycles. The van der Waals surface area contributed by atoms with Crippen LogP contribution >= 0.6 is 0 Å². The van der Waals surface area contributed by atoms with E-state index in [1.165, 1.54) is 44.1 Å². The third-order valence-electron chi connectivity index (χ3n) is 13.5. The van der Waals surface area contributed by atoms with Gasteiger partial charge in [0.15, 0.2) is 7.28 Å². The Morgan fingerprint density at radius 2 is 1.11 bits per heavy atom. The molecule has 7 heteroatoms. The van der Waals surface area contributed by atoms with Crippen molar-refractivity contribution in [3.05, 3.63) is 113 Å². The molecule has 8 aromatic rings. The van der Waals surface area contributed by atoms with Gasteiger partial charge >= 0.3 is 0 Å². The van der Waals surface area contributed by atoms with Crippen LogP contribution in [0.4, 0.5) is 0 Å².